The van der Waals surface area contributed by atoms with Gasteiger partial charge in [-0.2, -0.15) is 0 Å². The van der Waals surface area contributed by atoms with E-state index in [0.717, 1.165) is 5.57 Å². The molecule has 0 spiro atoms. The van der Waals surface area contributed by atoms with Crippen molar-refractivity contribution < 1.29 is 14.6 Å². The fourth-order valence-corrected chi connectivity index (χ4v) is 2.02. The lowest BCUT2D eigenvalue weighted by atomic mass is 10.1. The Hall–Kier alpha value is -1.81. The monoisotopic (exact) mass is 261 g/mol. The Morgan fingerprint density at radius 2 is 2.26 bits per heavy atom. The first kappa shape index (κ1) is 13.6. The number of nitrogens with one attached hydrogen (secondary N) is 1. The van der Waals surface area contributed by atoms with Gasteiger partial charge in [0.05, 0.1) is 13.7 Å². The number of anilines is 1. The van der Waals surface area contributed by atoms with Gasteiger partial charge in [0.1, 0.15) is 5.75 Å². The number of allylic oxidation sites excluding steroid dienone is 1. The summed E-state index contributed by atoms with van der Waals surface area (Å²) < 4.78 is 5.12. The molecule has 4 heteroatoms. The molecule has 0 aromatic heterocycles. The number of hydrogen-bond donors (Lipinski definition) is 2. The first-order chi connectivity index (χ1) is 9.13. The molecule has 1 fully saturated rings. The van der Waals surface area contributed by atoms with Crippen LogP contribution in [0.5, 0.6) is 5.75 Å². The van der Waals surface area contributed by atoms with Crippen LogP contribution in [0, 0.1) is 5.92 Å². The van der Waals surface area contributed by atoms with Crippen molar-refractivity contribution in [2.24, 2.45) is 5.92 Å². The third-order valence-electron chi connectivity index (χ3n) is 3.30. The van der Waals surface area contributed by atoms with Gasteiger partial charge in [-0.15, -0.1) is 0 Å². The van der Waals surface area contributed by atoms with Gasteiger partial charge in [0.25, 0.3) is 0 Å². The molecule has 1 aliphatic rings. The van der Waals surface area contributed by atoms with Crippen molar-refractivity contribution >= 4 is 11.6 Å². The van der Waals surface area contributed by atoms with E-state index in [4.69, 9.17) is 4.74 Å². The zero-order chi connectivity index (χ0) is 13.8. The number of carbonyl (C=O) groups excluding carboxylic acids is 1. The maximum atomic E-state index is 11.8. The molecule has 1 saturated carbocycles. The minimum absolute atomic E-state index is 0.121. The highest BCUT2D eigenvalue weighted by Crippen LogP contribution is 2.35. The zero-order valence-corrected chi connectivity index (χ0v) is 11.3. The average molecular weight is 261 g/mol. The molecule has 1 aromatic carbocycles. The number of aliphatic hydroxyl groups excluding tert-OH is 1. The van der Waals surface area contributed by atoms with Gasteiger partial charge in [-0.25, -0.2) is 0 Å². The summed E-state index contributed by atoms with van der Waals surface area (Å²) in [5.74, 6) is 1.08. The lowest BCUT2D eigenvalue weighted by molar-refractivity contribution is -0.112. The second kappa shape index (κ2) is 5.89. The molecule has 4 nitrogen and oxygen atoms in total. The Bertz CT molecular complexity index is 504. The second-order valence-electron chi connectivity index (χ2n) is 4.84. The molecule has 0 bridgehead atoms. The van der Waals surface area contributed by atoms with E-state index < -0.39 is 0 Å². The van der Waals surface area contributed by atoms with Gasteiger partial charge in [0.15, 0.2) is 0 Å². The normalized spacial score (nSPS) is 15.2. The Morgan fingerprint density at radius 3 is 2.84 bits per heavy atom. The molecule has 1 amide bonds. The van der Waals surface area contributed by atoms with E-state index >= 15 is 0 Å². The van der Waals surface area contributed by atoms with Gasteiger partial charge in [-0.3, -0.25) is 4.79 Å². The van der Waals surface area contributed by atoms with Crippen molar-refractivity contribution in [2.75, 3.05) is 12.4 Å². The Labute approximate surface area is 113 Å². The van der Waals surface area contributed by atoms with Crippen molar-refractivity contribution in [3.8, 4) is 5.75 Å². The topological polar surface area (TPSA) is 58.6 Å². The predicted molar refractivity (Wildman–Crippen MR) is 74.0 cm³/mol. The molecule has 19 heavy (non-hydrogen) atoms. The molecule has 1 aromatic rings. The van der Waals surface area contributed by atoms with Crippen molar-refractivity contribution in [3.63, 3.8) is 0 Å². The van der Waals surface area contributed by atoms with Crippen LogP contribution in [-0.2, 0) is 11.4 Å². The molecule has 0 radical (unpaired) electrons. The molecule has 2 rings (SSSR count). The smallest absolute Gasteiger partial charge is 0.248 e. The SMILES string of the molecule is COc1ccc(NC(=O)/C=C(\C)C2CC2)cc1CO. The molecule has 0 atom stereocenters. The van der Waals surface area contributed by atoms with Crippen LogP contribution in [0.25, 0.3) is 0 Å². The molecule has 1 aliphatic carbocycles. The third-order valence-corrected chi connectivity index (χ3v) is 3.30. The van der Waals surface area contributed by atoms with Crippen LogP contribution < -0.4 is 10.1 Å². The predicted octanol–water partition coefficient (Wildman–Crippen LogP) is 2.48. The number of aliphatic hydroxyl groups is 1. The maximum absolute atomic E-state index is 11.8. The highest BCUT2D eigenvalue weighted by molar-refractivity contribution is 5.99. The first-order valence-electron chi connectivity index (χ1n) is 6.41. The van der Waals surface area contributed by atoms with Gasteiger partial charge in [0, 0.05) is 17.3 Å². The van der Waals surface area contributed by atoms with Crippen molar-refractivity contribution in [2.45, 2.75) is 26.4 Å². The first-order valence-corrected chi connectivity index (χ1v) is 6.41. The lowest BCUT2D eigenvalue weighted by Gasteiger charge is -2.09. The Balaban J connectivity index is 2.06. The molecular formula is C15H19NO3. The van der Waals surface area contributed by atoms with Crippen LogP contribution >= 0.6 is 0 Å². The number of methoxy groups -OCH3 is 1. The van der Waals surface area contributed by atoms with E-state index in [-0.39, 0.29) is 12.5 Å². The van der Waals surface area contributed by atoms with Crippen molar-refractivity contribution in [1.29, 1.82) is 0 Å². The summed E-state index contributed by atoms with van der Waals surface area (Å²) in [6, 6.07) is 5.21. The molecular weight excluding hydrogens is 242 g/mol. The molecule has 0 aliphatic heterocycles. The fourth-order valence-electron chi connectivity index (χ4n) is 2.02. The number of rotatable bonds is 5. The minimum atomic E-state index is -0.126. The van der Waals surface area contributed by atoms with Crippen LogP contribution in [0.4, 0.5) is 5.69 Å². The fraction of sp³-hybridized carbons (Fsp3) is 0.400. The van der Waals surface area contributed by atoms with Gasteiger partial charge < -0.3 is 15.2 Å². The maximum Gasteiger partial charge on any atom is 0.248 e. The molecule has 2 N–H and O–H groups in total. The van der Waals surface area contributed by atoms with E-state index in [0.29, 0.717) is 22.9 Å². The van der Waals surface area contributed by atoms with E-state index in [1.807, 2.05) is 6.92 Å². The summed E-state index contributed by atoms with van der Waals surface area (Å²) >= 11 is 0. The summed E-state index contributed by atoms with van der Waals surface area (Å²) in [6.07, 6.45) is 4.03. The van der Waals surface area contributed by atoms with E-state index in [1.54, 1.807) is 31.4 Å². The Kier molecular flexibility index (Phi) is 4.22. The number of ether oxygens (including phenoxy) is 1. The molecule has 0 unspecified atom stereocenters. The quantitative estimate of drug-likeness (QED) is 0.801. The lowest BCUT2D eigenvalue weighted by Crippen LogP contribution is -2.09. The minimum Gasteiger partial charge on any atom is -0.496 e. The largest absolute Gasteiger partial charge is 0.496 e. The third kappa shape index (κ3) is 3.58. The zero-order valence-electron chi connectivity index (χ0n) is 11.3. The average Bonchev–Trinajstić information content (AvgIpc) is 3.22. The van der Waals surface area contributed by atoms with Crippen LogP contribution in [0.1, 0.15) is 25.3 Å². The summed E-state index contributed by atoms with van der Waals surface area (Å²) in [5.41, 5.74) is 2.45. The number of hydrogen-bond acceptors (Lipinski definition) is 3. The molecule has 102 valence electrons. The highest BCUT2D eigenvalue weighted by Gasteiger charge is 2.23. The van der Waals surface area contributed by atoms with Gasteiger partial charge >= 0.3 is 0 Å². The summed E-state index contributed by atoms with van der Waals surface area (Å²) in [7, 11) is 1.55. The summed E-state index contributed by atoms with van der Waals surface area (Å²) in [4.78, 5) is 11.8. The van der Waals surface area contributed by atoms with Gasteiger partial charge in [-0.05, 0) is 43.9 Å². The number of carbonyl (C=O) groups is 1. The van der Waals surface area contributed by atoms with Crippen LogP contribution in [-0.4, -0.2) is 18.1 Å². The van der Waals surface area contributed by atoms with Crippen molar-refractivity contribution in [3.05, 3.63) is 35.4 Å². The second-order valence-corrected chi connectivity index (χ2v) is 4.84. The van der Waals surface area contributed by atoms with Gasteiger partial charge in [0.2, 0.25) is 5.91 Å². The number of benzene rings is 1. The van der Waals surface area contributed by atoms with Crippen LogP contribution in [0.15, 0.2) is 29.8 Å². The molecule has 0 saturated heterocycles. The highest BCUT2D eigenvalue weighted by atomic mass is 16.5. The number of amides is 1. The van der Waals surface area contributed by atoms with E-state index in [9.17, 15) is 9.90 Å². The Morgan fingerprint density at radius 1 is 1.53 bits per heavy atom. The van der Waals surface area contributed by atoms with Crippen LogP contribution in [0.2, 0.25) is 0 Å². The van der Waals surface area contributed by atoms with E-state index in [1.165, 1.54) is 12.8 Å². The summed E-state index contributed by atoms with van der Waals surface area (Å²) in [5, 5.41) is 12.0. The van der Waals surface area contributed by atoms with Crippen LogP contribution in [0.3, 0.4) is 0 Å². The summed E-state index contributed by atoms with van der Waals surface area (Å²) in [6.45, 7) is 1.87. The molecule has 0 heterocycles. The van der Waals surface area contributed by atoms with E-state index in [2.05, 4.69) is 5.32 Å². The van der Waals surface area contributed by atoms with Gasteiger partial charge in [-0.1, -0.05) is 5.57 Å². The van der Waals surface area contributed by atoms with Crippen molar-refractivity contribution in [1.82, 2.24) is 0 Å². The standard InChI is InChI=1S/C15H19NO3/c1-10(11-3-4-11)7-15(18)16-13-5-6-14(19-2)12(8-13)9-17/h5-8,11,17H,3-4,9H2,1-2H3,(H,16,18)/b10-7+.